The second kappa shape index (κ2) is 8.85. The van der Waals surface area contributed by atoms with Crippen LogP contribution in [-0.4, -0.2) is 37.7 Å². The monoisotopic (exact) mass is 304 g/mol. The zero-order chi connectivity index (χ0) is 13.7. The third kappa shape index (κ3) is 4.90. The van der Waals surface area contributed by atoms with Crippen LogP contribution in [0.3, 0.4) is 0 Å². The number of carbonyl (C=O) groups excluding carboxylic acids is 1. The number of rotatable bonds is 4. The van der Waals surface area contributed by atoms with Crippen LogP contribution in [0.15, 0.2) is 0 Å². The molecule has 2 N–H and O–H groups in total. The summed E-state index contributed by atoms with van der Waals surface area (Å²) in [7, 11) is 0. The zero-order valence-electron chi connectivity index (χ0n) is 12.7. The lowest BCUT2D eigenvalue weighted by Gasteiger charge is -2.33. The molecule has 118 valence electrons. The van der Waals surface area contributed by atoms with Crippen LogP contribution in [0.4, 0.5) is 0 Å². The van der Waals surface area contributed by atoms with Crippen LogP contribution in [-0.2, 0) is 9.53 Å². The third-order valence-corrected chi connectivity index (χ3v) is 4.77. The summed E-state index contributed by atoms with van der Waals surface area (Å²) in [5.41, 5.74) is 0. The fourth-order valence-corrected chi connectivity index (χ4v) is 3.25. The molecule has 0 spiro atoms. The Labute approximate surface area is 128 Å². The average Bonchev–Trinajstić information content (AvgIpc) is 2.48. The Balaban J connectivity index is 0.00000200. The summed E-state index contributed by atoms with van der Waals surface area (Å²) in [4.78, 5) is 12.1. The summed E-state index contributed by atoms with van der Waals surface area (Å²) in [6.45, 7) is 6.52. The van der Waals surface area contributed by atoms with E-state index in [1.807, 2.05) is 0 Å². The molecule has 5 heteroatoms. The number of nitrogens with one attached hydrogen (secondary N) is 2. The number of amides is 1. The molecule has 1 aliphatic carbocycles. The Hall–Kier alpha value is -0.320. The van der Waals surface area contributed by atoms with Crippen molar-refractivity contribution in [2.75, 3.05) is 19.7 Å². The Morgan fingerprint density at radius 1 is 1.25 bits per heavy atom. The van der Waals surface area contributed by atoms with Crippen LogP contribution < -0.4 is 10.6 Å². The third-order valence-electron chi connectivity index (χ3n) is 4.77. The van der Waals surface area contributed by atoms with Gasteiger partial charge in [0.15, 0.2) is 0 Å². The van der Waals surface area contributed by atoms with E-state index in [-0.39, 0.29) is 30.5 Å². The quantitative estimate of drug-likeness (QED) is 0.836. The molecule has 4 nitrogen and oxygen atoms in total. The van der Waals surface area contributed by atoms with E-state index in [0.29, 0.717) is 19.1 Å². The van der Waals surface area contributed by atoms with Crippen molar-refractivity contribution in [2.24, 2.45) is 11.8 Å². The largest absolute Gasteiger partial charge is 0.366 e. The van der Waals surface area contributed by atoms with E-state index in [9.17, 15) is 4.79 Å². The molecule has 2 rings (SSSR count). The topological polar surface area (TPSA) is 50.4 Å². The highest BCUT2D eigenvalue weighted by Crippen LogP contribution is 2.31. The maximum absolute atomic E-state index is 12.1. The van der Waals surface area contributed by atoms with E-state index in [2.05, 4.69) is 24.5 Å². The van der Waals surface area contributed by atoms with Crippen LogP contribution in [0, 0.1) is 11.8 Å². The first-order valence-electron chi connectivity index (χ1n) is 7.81. The van der Waals surface area contributed by atoms with Gasteiger partial charge in [-0.05, 0) is 18.8 Å². The van der Waals surface area contributed by atoms with Gasteiger partial charge in [0.1, 0.15) is 6.10 Å². The number of hydrogen-bond donors (Lipinski definition) is 2. The summed E-state index contributed by atoms with van der Waals surface area (Å²) < 4.78 is 5.49. The molecule has 3 unspecified atom stereocenters. The fourth-order valence-electron chi connectivity index (χ4n) is 3.25. The SMILES string of the molecule is CC(NC(=O)C1CNCCO1)C(C)C1CCCCC1.Cl. The molecule has 0 radical (unpaired) electrons. The van der Waals surface area contributed by atoms with E-state index in [4.69, 9.17) is 4.74 Å². The van der Waals surface area contributed by atoms with Gasteiger partial charge in [-0.1, -0.05) is 39.0 Å². The highest BCUT2D eigenvalue weighted by molar-refractivity contribution is 5.85. The average molecular weight is 305 g/mol. The lowest BCUT2D eigenvalue weighted by Crippen LogP contribution is -2.51. The normalized spacial score (nSPS) is 27.2. The van der Waals surface area contributed by atoms with E-state index in [1.165, 1.54) is 32.1 Å². The van der Waals surface area contributed by atoms with Crippen molar-refractivity contribution in [1.29, 1.82) is 0 Å². The van der Waals surface area contributed by atoms with Crippen molar-refractivity contribution >= 4 is 18.3 Å². The Morgan fingerprint density at radius 3 is 2.55 bits per heavy atom. The van der Waals surface area contributed by atoms with E-state index in [1.54, 1.807) is 0 Å². The van der Waals surface area contributed by atoms with Crippen molar-refractivity contribution in [3.05, 3.63) is 0 Å². The fraction of sp³-hybridized carbons (Fsp3) is 0.933. The minimum atomic E-state index is -0.310. The second-order valence-corrected chi connectivity index (χ2v) is 6.12. The Bertz CT molecular complexity index is 290. The van der Waals surface area contributed by atoms with Crippen molar-refractivity contribution in [3.8, 4) is 0 Å². The minimum Gasteiger partial charge on any atom is -0.366 e. The molecule has 0 aromatic carbocycles. The van der Waals surface area contributed by atoms with Gasteiger partial charge >= 0.3 is 0 Å². The van der Waals surface area contributed by atoms with Crippen molar-refractivity contribution in [3.63, 3.8) is 0 Å². The lowest BCUT2D eigenvalue weighted by molar-refractivity contribution is -0.135. The first-order valence-corrected chi connectivity index (χ1v) is 7.81. The van der Waals surface area contributed by atoms with Crippen LogP contribution in [0.2, 0.25) is 0 Å². The summed E-state index contributed by atoms with van der Waals surface area (Å²) in [6, 6.07) is 0.237. The molecule has 1 saturated carbocycles. The summed E-state index contributed by atoms with van der Waals surface area (Å²) >= 11 is 0. The molecular formula is C15H29ClN2O2. The van der Waals surface area contributed by atoms with Gasteiger partial charge in [0.05, 0.1) is 6.61 Å². The molecule has 2 fully saturated rings. The van der Waals surface area contributed by atoms with Gasteiger partial charge in [-0.3, -0.25) is 4.79 Å². The van der Waals surface area contributed by atoms with Crippen LogP contribution in [0.5, 0.6) is 0 Å². The number of morpholine rings is 1. The summed E-state index contributed by atoms with van der Waals surface area (Å²) in [5, 5.41) is 6.34. The summed E-state index contributed by atoms with van der Waals surface area (Å²) in [6.07, 6.45) is 6.42. The van der Waals surface area contributed by atoms with Gasteiger partial charge in [-0.25, -0.2) is 0 Å². The van der Waals surface area contributed by atoms with E-state index >= 15 is 0 Å². The standard InChI is InChI=1S/C15H28N2O2.ClH/c1-11(13-6-4-3-5-7-13)12(2)17-15(18)14-10-16-8-9-19-14;/h11-14,16H,3-10H2,1-2H3,(H,17,18);1H. The first kappa shape index (κ1) is 17.7. The summed E-state index contributed by atoms with van der Waals surface area (Å²) in [5.74, 6) is 1.37. The Kier molecular flexibility index (Phi) is 7.85. The van der Waals surface area contributed by atoms with Crippen LogP contribution in [0.25, 0.3) is 0 Å². The molecule has 0 aromatic rings. The number of halogens is 1. The van der Waals surface area contributed by atoms with Crippen molar-refractivity contribution in [1.82, 2.24) is 10.6 Å². The molecule has 1 amide bonds. The molecule has 1 saturated heterocycles. The van der Waals surface area contributed by atoms with Gasteiger partial charge in [-0.2, -0.15) is 0 Å². The van der Waals surface area contributed by atoms with Crippen LogP contribution in [0.1, 0.15) is 46.0 Å². The van der Waals surface area contributed by atoms with Crippen molar-refractivity contribution < 1.29 is 9.53 Å². The van der Waals surface area contributed by atoms with Crippen LogP contribution >= 0.6 is 12.4 Å². The molecule has 0 bridgehead atoms. The number of hydrogen-bond acceptors (Lipinski definition) is 3. The van der Waals surface area contributed by atoms with Gasteiger partial charge < -0.3 is 15.4 Å². The predicted molar refractivity (Wildman–Crippen MR) is 83.2 cm³/mol. The van der Waals surface area contributed by atoms with Gasteiger partial charge in [0.2, 0.25) is 0 Å². The highest BCUT2D eigenvalue weighted by atomic mass is 35.5. The maximum Gasteiger partial charge on any atom is 0.250 e. The first-order chi connectivity index (χ1) is 9.18. The molecule has 0 aromatic heterocycles. The lowest BCUT2D eigenvalue weighted by atomic mass is 9.78. The van der Waals surface area contributed by atoms with Gasteiger partial charge in [0, 0.05) is 19.1 Å². The number of carbonyl (C=O) groups is 1. The predicted octanol–water partition coefficient (Wildman–Crippen LogP) is 2.12. The Morgan fingerprint density at radius 2 is 1.95 bits per heavy atom. The van der Waals surface area contributed by atoms with Gasteiger partial charge in [0.25, 0.3) is 5.91 Å². The molecular weight excluding hydrogens is 276 g/mol. The minimum absolute atomic E-state index is 0. The molecule has 3 atom stereocenters. The van der Waals surface area contributed by atoms with Gasteiger partial charge in [-0.15, -0.1) is 12.4 Å². The zero-order valence-corrected chi connectivity index (χ0v) is 13.5. The smallest absolute Gasteiger partial charge is 0.250 e. The molecule has 1 heterocycles. The van der Waals surface area contributed by atoms with Crippen molar-refractivity contribution in [2.45, 2.75) is 58.1 Å². The highest BCUT2D eigenvalue weighted by Gasteiger charge is 2.28. The van der Waals surface area contributed by atoms with E-state index in [0.717, 1.165) is 12.5 Å². The molecule has 1 aliphatic heterocycles. The maximum atomic E-state index is 12.1. The molecule has 2 aliphatic rings. The van der Waals surface area contributed by atoms with E-state index < -0.39 is 0 Å². The second-order valence-electron chi connectivity index (χ2n) is 6.12. The molecule has 20 heavy (non-hydrogen) atoms. The number of ether oxygens (including phenoxy) is 1.